The molecule has 8 nitrogen and oxygen atoms in total. The predicted molar refractivity (Wildman–Crippen MR) is 159 cm³/mol. The molecule has 0 saturated carbocycles. The summed E-state index contributed by atoms with van der Waals surface area (Å²) in [5.41, 5.74) is 10.2. The Morgan fingerprint density at radius 2 is 1.95 bits per heavy atom. The molecule has 0 spiro atoms. The summed E-state index contributed by atoms with van der Waals surface area (Å²) in [6.07, 6.45) is 1.34. The zero-order chi connectivity index (χ0) is 28.7. The molecule has 0 unspecified atom stereocenters. The van der Waals surface area contributed by atoms with Crippen LogP contribution in [0.1, 0.15) is 43.5 Å². The number of benzene rings is 1. The Kier molecular flexibility index (Phi) is 7.51. The minimum Gasteiger partial charge on any atom is -0.384 e. The number of hydrogen-bond acceptors (Lipinski definition) is 7. The number of aromatic nitrogens is 2. The Morgan fingerprint density at radius 1 is 1.20 bits per heavy atom. The van der Waals surface area contributed by atoms with Crippen molar-refractivity contribution in [1.82, 2.24) is 19.8 Å². The molecule has 0 aliphatic carbocycles. The maximum atomic E-state index is 14.9. The molecular weight excluding hydrogens is 529 g/mol. The van der Waals surface area contributed by atoms with Gasteiger partial charge in [0.1, 0.15) is 30.0 Å². The topological polar surface area (TPSA) is 91.0 Å². The molecule has 0 bridgehead atoms. The molecule has 1 atom stereocenters. The molecule has 2 N–H and O–H groups in total. The molecule has 40 heavy (non-hydrogen) atoms. The molecule has 1 aromatic carbocycles. The Bertz CT molecular complexity index is 1520. The van der Waals surface area contributed by atoms with E-state index >= 15 is 0 Å². The lowest BCUT2D eigenvalue weighted by atomic mass is 10.0. The summed E-state index contributed by atoms with van der Waals surface area (Å²) in [5.74, 6) is 1.39. The van der Waals surface area contributed by atoms with Crippen LogP contribution in [-0.4, -0.2) is 63.9 Å². The second-order valence-electron chi connectivity index (χ2n) is 10.5. The van der Waals surface area contributed by atoms with E-state index in [1.165, 1.54) is 12.1 Å². The van der Waals surface area contributed by atoms with Gasteiger partial charge in [-0.25, -0.2) is 19.4 Å². The quantitative estimate of drug-likeness (QED) is 0.422. The highest BCUT2D eigenvalue weighted by molar-refractivity contribution is 6.33. The van der Waals surface area contributed by atoms with Crippen molar-refractivity contribution in [2.75, 3.05) is 36.9 Å². The van der Waals surface area contributed by atoms with Crippen molar-refractivity contribution in [1.29, 1.82) is 0 Å². The number of nitrogens with two attached hydrogens (primary N) is 1. The van der Waals surface area contributed by atoms with Crippen LogP contribution in [0.4, 0.5) is 21.7 Å². The first-order valence-corrected chi connectivity index (χ1v) is 13.7. The van der Waals surface area contributed by atoms with Crippen molar-refractivity contribution >= 4 is 40.7 Å². The van der Waals surface area contributed by atoms with Gasteiger partial charge in [0.15, 0.2) is 0 Å². The summed E-state index contributed by atoms with van der Waals surface area (Å²) in [6, 6.07) is 10.1. The summed E-state index contributed by atoms with van der Waals surface area (Å²) in [4.78, 5) is 32.9. The number of halogens is 2. The molecule has 0 radical (unpaired) electrons. The molecule has 1 amide bonds. The summed E-state index contributed by atoms with van der Waals surface area (Å²) in [5, 5.41) is 0.322. The first-order chi connectivity index (χ1) is 19.1. The standard InChI is InChI=1S/C30H33ClFN7O/c1-6-25(40)37-11-12-38(19(5)15-37)29-21-14-22(31)27(20-9-7-8-10-23(20)32)36-30(21)39(16-34-29)28-18(4)13-24(33)35-26(28)17(2)3/h6-10,13-14,17,19H,1,11-12,15-16H2,2-5H3,(H2,33,35)/t19-/m0/s1. The third-order valence-electron chi connectivity index (χ3n) is 7.38. The van der Waals surface area contributed by atoms with E-state index in [4.69, 9.17) is 27.3 Å². The van der Waals surface area contributed by atoms with Crippen molar-refractivity contribution in [3.8, 4) is 11.3 Å². The van der Waals surface area contributed by atoms with Crippen LogP contribution in [0.3, 0.4) is 0 Å². The first kappa shape index (κ1) is 27.6. The Balaban J connectivity index is 1.67. The molecule has 1 saturated heterocycles. The fourth-order valence-electron chi connectivity index (χ4n) is 5.48. The number of hydrogen-bond donors (Lipinski definition) is 1. The smallest absolute Gasteiger partial charge is 0.246 e. The minimum absolute atomic E-state index is 0.00743. The van der Waals surface area contributed by atoms with E-state index in [1.54, 1.807) is 23.1 Å². The molecule has 3 aromatic rings. The van der Waals surface area contributed by atoms with E-state index in [2.05, 4.69) is 37.2 Å². The average molecular weight is 562 g/mol. The van der Waals surface area contributed by atoms with Gasteiger partial charge in [0, 0.05) is 31.2 Å². The first-order valence-electron chi connectivity index (χ1n) is 13.3. The number of anilines is 3. The molecule has 208 valence electrons. The molecule has 4 heterocycles. The summed E-state index contributed by atoms with van der Waals surface area (Å²) < 4.78 is 14.9. The third-order valence-corrected chi connectivity index (χ3v) is 7.66. The number of nitrogens with zero attached hydrogens (tertiary/aromatic N) is 6. The minimum atomic E-state index is -0.405. The van der Waals surface area contributed by atoms with Crippen LogP contribution in [0, 0.1) is 12.7 Å². The van der Waals surface area contributed by atoms with E-state index in [9.17, 15) is 9.18 Å². The van der Waals surface area contributed by atoms with Crippen LogP contribution in [0.2, 0.25) is 5.02 Å². The molecule has 10 heteroatoms. The highest BCUT2D eigenvalue weighted by Gasteiger charge is 2.35. The second-order valence-corrected chi connectivity index (χ2v) is 10.9. The number of aryl methyl sites for hydroxylation is 1. The average Bonchev–Trinajstić information content (AvgIpc) is 2.92. The van der Waals surface area contributed by atoms with E-state index in [0.29, 0.717) is 47.6 Å². The van der Waals surface area contributed by atoms with Crippen molar-refractivity contribution in [2.24, 2.45) is 4.99 Å². The zero-order valence-corrected chi connectivity index (χ0v) is 23.9. The van der Waals surface area contributed by atoms with Gasteiger partial charge in [-0.2, -0.15) is 0 Å². The third kappa shape index (κ3) is 4.90. The number of amides is 1. The fourth-order valence-corrected chi connectivity index (χ4v) is 5.73. The number of carbonyl (C=O) groups excluding carboxylic acids is 1. The van der Waals surface area contributed by atoms with Gasteiger partial charge in [0.25, 0.3) is 0 Å². The maximum Gasteiger partial charge on any atom is 0.246 e. The van der Waals surface area contributed by atoms with Crippen LogP contribution < -0.4 is 10.6 Å². The zero-order valence-electron chi connectivity index (χ0n) is 23.2. The Hall–Kier alpha value is -3.98. The molecule has 2 aliphatic rings. The van der Waals surface area contributed by atoms with Gasteiger partial charge in [0.2, 0.25) is 5.91 Å². The van der Waals surface area contributed by atoms with Gasteiger partial charge in [0.05, 0.1) is 27.7 Å². The van der Waals surface area contributed by atoms with E-state index in [0.717, 1.165) is 28.3 Å². The fraction of sp³-hybridized carbons (Fsp3) is 0.333. The Labute approximate surface area is 239 Å². The van der Waals surface area contributed by atoms with E-state index < -0.39 is 5.82 Å². The number of pyridine rings is 2. The number of piperazine rings is 1. The van der Waals surface area contributed by atoms with E-state index in [-0.39, 0.29) is 24.5 Å². The number of carbonyl (C=O) groups is 1. The largest absolute Gasteiger partial charge is 0.384 e. The monoisotopic (exact) mass is 561 g/mol. The molecule has 2 aliphatic heterocycles. The maximum absolute atomic E-state index is 14.9. The Morgan fingerprint density at radius 3 is 2.62 bits per heavy atom. The highest BCUT2D eigenvalue weighted by atomic mass is 35.5. The molecule has 5 rings (SSSR count). The highest BCUT2D eigenvalue weighted by Crippen LogP contribution is 2.41. The number of aliphatic imine (C=N–C) groups is 1. The predicted octanol–water partition coefficient (Wildman–Crippen LogP) is 5.52. The normalized spacial score (nSPS) is 17.1. The summed E-state index contributed by atoms with van der Waals surface area (Å²) in [7, 11) is 0. The van der Waals surface area contributed by atoms with Crippen LogP contribution >= 0.6 is 11.6 Å². The van der Waals surface area contributed by atoms with Gasteiger partial charge in [-0.1, -0.05) is 44.2 Å². The van der Waals surface area contributed by atoms with E-state index in [1.807, 2.05) is 24.0 Å². The lowest BCUT2D eigenvalue weighted by molar-refractivity contribution is -0.128. The number of rotatable bonds is 4. The lowest BCUT2D eigenvalue weighted by Crippen LogP contribution is -2.56. The number of amidine groups is 1. The second kappa shape index (κ2) is 10.9. The van der Waals surface area contributed by atoms with Crippen LogP contribution in [0.15, 0.2) is 54.0 Å². The van der Waals surface area contributed by atoms with Gasteiger partial charge >= 0.3 is 0 Å². The SMILES string of the molecule is C=CC(=O)N1CCN(C2=NCN(c3c(C)cc(N)nc3C(C)C)c3nc(-c4ccccc4F)c(Cl)cc32)[C@@H](C)C1. The van der Waals surface area contributed by atoms with Crippen molar-refractivity contribution in [3.05, 3.63) is 76.7 Å². The van der Waals surface area contributed by atoms with Crippen LogP contribution in [0.25, 0.3) is 11.3 Å². The van der Waals surface area contributed by atoms with Crippen molar-refractivity contribution < 1.29 is 9.18 Å². The molecule has 1 fully saturated rings. The van der Waals surface area contributed by atoms with Gasteiger partial charge in [-0.05, 0) is 55.7 Å². The van der Waals surface area contributed by atoms with Crippen molar-refractivity contribution in [2.45, 2.75) is 39.7 Å². The summed E-state index contributed by atoms with van der Waals surface area (Å²) in [6.45, 7) is 13.7. The van der Waals surface area contributed by atoms with Gasteiger partial charge in [-0.15, -0.1) is 0 Å². The molecule has 2 aromatic heterocycles. The van der Waals surface area contributed by atoms with Gasteiger partial charge < -0.3 is 20.4 Å². The number of nitrogen functional groups attached to an aromatic ring is 1. The lowest BCUT2D eigenvalue weighted by Gasteiger charge is -2.43. The molecular formula is C30H33ClFN7O. The van der Waals surface area contributed by atoms with Gasteiger partial charge in [-0.3, -0.25) is 4.79 Å². The van der Waals surface area contributed by atoms with Crippen molar-refractivity contribution in [3.63, 3.8) is 0 Å². The summed E-state index contributed by atoms with van der Waals surface area (Å²) >= 11 is 6.81. The van der Waals surface area contributed by atoms with Crippen LogP contribution in [-0.2, 0) is 4.79 Å². The number of fused-ring (bicyclic) bond motifs is 1. The van der Waals surface area contributed by atoms with Crippen LogP contribution in [0.5, 0.6) is 0 Å².